The van der Waals surface area contributed by atoms with Crippen molar-refractivity contribution in [1.29, 1.82) is 0 Å². The molecule has 0 amide bonds. The summed E-state index contributed by atoms with van der Waals surface area (Å²) in [5.41, 5.74) is -3.85. The van der Waals surface area contributed by atoms with Crippen molar-refractivity contribution in [1.82, 2.24) is 0 Å². The number of rotatable bonds is 12. The Morgan fingerprint density at radius 2 is 1.72 bits per heavy atom. The summed E-state index contributed by atoms with van der Waals surface area (Å²) in [5, 5.41) is 19.9. The van der Waals surface area contributed by atoms with Crippen LogP contribution in [-0.4, -0.2) is 53.9 Å². The molecule has 0 spiro atoms. The third-order valence-corrected chi connectivity index (χ3v) is 5.51. The summed E-state index contributed by atoms with van der Waals surface area (Å²) in [6.45, 7) is 3.11. The predicted molar refractivity (Wildman–Crippen MR) is 134 cm³/mol. The van der Waals surface area contributed by atoms with E-state index in [-0.39, 0.29) is 36.3 Å². The van der Waals surface area contributed by atoms with Crippen molar-refractivity contribution in [2.24, 2.45) is 0 Å². The number of methoxy groups -OCH3 is 1. The quantitative estimate of drug-likeness (QED) is 0.165. The zero-order valence-electron chi connectivity index (χ0n) is 21.5. The topological polar surface area (TPSA) is 119 Å². The maximum absolute atomic E-state index is 14.0. The Kier molecular flexibility index (Phi) is 10.9. The van der Waals surface area contributed by atoms with E-state index >= 15 is 0 Å². The van der Waals surface area contributed by atoms with E-state index in [1.165, 1.54) is 49.4 Å². The summed E-state index contributed by atoms with van der Waals surface area (Å²) in [6.07, 6.45) is -1.17. The molecule has 39 heavy (non-hydrogen) atoms. The number of aromatic hydroxyl groups is 2. The number of phenols is 2. The molecule has 11 heteroatoms. The van der Waals surface area contributed by atoms with Crippen molar-refractivity contribution in [3.63, 3.8) is 0 Å². The van der Waals surface area contributed by atoms with Crippen LogP contribution in [0.1, 0.15) is 41.8 Å². The number of carbonyl (C=O) groups is 3. The van der Waals surface area contributed by atoms with Crippen LogP contribution in [0.4, 0.5) is 13.2 Å². The highest BCUT2D eigenvalue weighted by molar-refractivity contribution is 6.08. The Hall–Kier alpha value is -4.12. The van der Waals surface area contributed by atoms with Gasteiger partial charge in [0.1, 0.15) is 17.6 Å². The number of hydrogen-bond acceptors (Lipinski definition) is 8. The summed E-state index contributed by atoms with van der Waals surface area (Å²) >= 11 is 0. The maximum Gasteiger partial charge on any atom is 0.432 e. The van der Waals surface area contributed by atoms with Crippen LogP contribution in [0.2, 0.25) is 0 Å². The monoisotopic (exact) mass is 550 g/mol. The number of alkyl halides is 3. The molecule has 2 rings (SSSR count). The predicted octanol–water partition coefficient (Wildman–Crippen LogP) is 4.92. The number of benzene rings is 2. The molecule has 0 aliphatic rings. The van der Waals surface area contributed by atoms with E-state index in [9.17, 15) is 37.8 Å². The summed E-state index contributed by atoms with van der Waals surface area (Å²) in [7, 11) is 0.776. The van der Waals surface area contributed by atoms with E-state index in [0.29, 0.717) is 0 Å². The molecule has 0 aliphatic carbocycles. The zero-order valence-corrected chi connectivity index (χ0v) is 21.5. The lowest BCUT2D eigenvalue weighted by Gasteiger charge is -2.33. The van der Waals surface area contributed by atoms with Crippen LogP contribution in [0.25, 0.3) is 0 Å². The number of ether oxygens (including phenoxy) is 3. The van der Waals surface area contributed by atoms with Gasteiger partial charge in [-0.25, -0.2) is 4.79 Å². The second kappa shape index (κ2) is 13.6. The first kappa shape index (κ1) is 31.1. The fourth-order valence-corrected chi connectivity index (χ4v) is 3.74. The summed E-state index contributed by atoms with van der Waals surface area (Å²) in [4.78, 5) is 37.2. The Bertz CT molecular complexity index is 1220. The number of carbonyl (C=O) groups excluding carboxylic acids is 3. The molecule has 0 saturated carbocycles. The number of ketones is 1. The first-order valence-electron chi connectivity index (χ1n) is 11.8. The van der Waals surface area contributed by atoms with Crippen LogP contribution < -0.4 is 0 Å². The van der Waals surface area contributed by atoms with Crippen molar-refractivity contribution in [3.8, 4) is 11.5 Å². The molecule has 0 heterocycles. The normalized spacial score (nSPS) is 14.2. The van der Waals surface area contributed by atoms with Gasteiger partial charge in [0.05, 0.1) is 18.6 Å². The smallest absolute Gasteiger partial charge is 0.432 e. The van der Waals surface area contributed by atoms with Crippen LogP contribution in [0.15, 0.2) is 66.8 Å². The van der Waals surface area contributed by atoms with Crippen LogP contribution >= 0.6 is 0 Å². The molecule has 0 aromatic heterocycles. The first-order valence-corrected chi connectivity index (χ1v) is 11.8. The molecule has 0 saturated heterocycles. The Morgan fingerprint density at radius 3 is 2.31 bits per heavy atom. The van der Waals surface area contributed by atoms with Crippen LogP contribution in [0.5, 0.6) is 11.5 Å². The molecule has 2 N–H and O–H groups in total. The van der Waals surface area contributed by atoms with Crippen molar-refractivity contribution in [3.05, 3.63) is 83.5 Å². The molecule has 2 aromatic carbocycles. The molecule has 0 radical (unpaired) electrons. The van der Waals surface area contributed by atoms with Gasteiger partial charge in [-0.1, -0.05) is 48.6 Å². The fourth-order valence-electron chi connectivity index (χ4n) is 3.74. The standard InChI is InChI=1S/C28H29F3O8/c1-4-38-24(35)16-19-15-21(32)17-23(34)25(19)22(33)14-10-5-7-11-18(2)39-26(36)27(37-3,28(29,30)31)20-12-8-6-9-13-20/h5-10,12-15,17-18,32,34H,4,11,16H2,1-3H3/b7-5+,14-10+/t18-,27-/m1/s1. The van der Waals surface area contributed by atoms with Crippen molar-refractivity contribution < 1.29 is 52.0 Å². The van der Waals surface area contributed by atoms with Gasteiger partial charge in [-0.3, -0.25) is 9.59 Å². The Labute approximate surface area is 223 Å². The van der Waals surface area contributed by atoms with Crippen LogP contribution in [0.3, 0.4) is 0 Å². The van der Waals surface area contributed by atoms with Crippen LogP contribution in [0, 0.1) is 0 Å². The molecule has 210 valence electrons. The average molecular weight is 551 g/mol. The van der Waals surface area contributed by atoms with Gasteiger partial charge in [0.15, 0.2) is 5.78 Å². The second-order valence-corrected chi connectivity index (χ2v) is 8.33. The van der Waals surface area contributed by atoms with E-state index in [1.807, 2.05) is 0 Å². The van der Waals surface area contributed by atoms with Gasteiger partial charge >= 0.3 is 18.1 Å². The summed E-state index contributed by atoms with van der Waals surface area (Å²) in [5.74, 6) is -3.82. The maximum atomic E-state index is 14.0. The lowest BCUT2D eigenvalue weighted by Crippen LogP contribution is -2.52. The van der Waals surface area contributed by atoms with Gasteiger partial charge in [-0.05, 0) is 31.6 Å². The van der Waals surface area contributed by atoms with Gasteiger partial charge in [-0.2, -0.15) is 13.2 Å². The van der Waals surface area contributed by atoms with Gasteiger partial charge in [0.25, 0.3) is 5.60 Å². The van der Waals surface area contributed by atoms with Gasteiger partial charge in [0.2, 0.25) is 0 Å². The van der Waals surface area contributed by atoms with E-state index in [0.717, 1.165) is 31.4 Å². The third kappa shape index (κ3) is 7.70. The highest BCUT2D eigenvalue weighted by Gasteiger charge is 2.64. The molecule has 0 bridgehead atoms. The molecular weight excluding hydrogens is 521 g/mol. The molecule has 2 aromatic rings. The number of allylic oxidation sites excluding steroid dienone is 3. The third-order valence-electron chi connectivity index (χ3n) is 5.51. The molecule has 2 atom stereocenters. The van der Waals surface area contributed by atoms with Gasteiger partial charge in [-0.15, -0.1) is 0 Å². The lowest BCUT2D eigenvalue weighted by molar-refractivity contribution is -0.277. The van der Waals surface area contributed by atoms with Gasteiger partial charge < -0.3 is 24.4 Å². The van der Waals surface area contributed by atoms with Crippen molar-refractivity contribution in [2.45, 2.75) is 44.6 Å². The lowest BCUT2D eigenvalue weighted by atomic mass is 9.92. The summed E-state index contributed by atoms with van der Waals surface area (Å²) in [6, 6.07) is 8.56. The zero-order chi connectivity index (χ0) is 29.2. The highest BCUT2D eigenvalue weighted by Crippen LogP contribution is 2.43. The highest BCUT2D eigenvalue weighted by atomic mass is 19.4. The molecule has 8 nitrogen and oxygen atoms in total. The molecular formula is C28H29F3O8. The van der Waals surface area contributed by atoms with E-state index in [1.54, 1.807) is 6.92 Å². The first-order chi connectivity index (χ1) is 18.4. The minimum atomic E-state index is -5.09. The van der Waals surface area contributed by atoms with E-state index in [4.69, 9.17) is 14.2 Å². The second-order valence-electron chi connectivity index (χ2n) is 8.33. The van der Waals surface area contributed by atoms with Crippen LogP contribution in [-0.2, 0) is 35.8 Å². The largest absolute Gasteiger partial charge is 0.508 e. The molecule has 0 aliphatic heterocycles. The average Bonchev–Trinajstić information content (AvgIpc) is 2.84. The van der Waals surface area contributed by atoms with Crippen molar-refractivity contribution >= 4 is 17.7 Å². The molecule has 0 fully saturated rings. The molecule has 0 unspecified atom stereocenters. The number of halogens is 3. The minimum absolute atomic E-state index is 0.00921. The minimum Gasteiger partial charge on any atom is -0.508 e. The Morgan fingerprint density at radius 1 is 1.05 bits per heavy atom. The SMILES string of the molecule is CCOC(=O)Cc1cc(O)cc(O)c1C(=O)/C=C/C=C/C[C@@H](C)OC(=O)[C@](OC)(c1ccccc1)C(F)(F)F. The number of esters is 2. The number of phenolic OH excluding ortho intramolecular Hbond substituents is 2. The van der Waals surface area contributed by atoms with Crippen molar-refractivity contribution in [2.75, 3.05) is 13.7 Å². The number of hydrogen-bond donors (Lipinski definition) is 2. The van der Waals surface area contributed by atoms with E-state index < -0.39 is 46.9 Å². The summed E-state index contributed by atoms with van der Waals surface area (Å²) < 4.78 is 56.5. The fraction of sp³-hybridized carbons (Fsp3) is 0.321. The van der Waals surface area contributed by atoms with Gasteiger partial charge in [0, 0.05) is 25.2 Å². The van der Waals surface area contributed by atoms with E-state index in [2.05, 4.69) is 0 Å². The Balaban J connectivity index is 2.10.